The first-order valence-corrected chi connectivity index (χ1v) is 8.90. The molecule has 0 saturated carbocycles. The zero-order valence-electron chi connectivity index (χ0n) is 12.7. The summed E-state index contributed by atoms with van der Waals surface area (Å²) in [6.07, 6.45) is 2.75. The molecule has 0 saturated heterocycles. The number of hydrogen-bond donors (Lipinski definition) is 0. The summed E-state index contributed by atoms with van der Waals surface area (Å²) in [4.78, 5) is 0.312. The Morgan fingerprint density at radius 3 is 2.32 bits per heavy atom. The number of fused-ring (bicyclic) bond motifs is 1. The van der Waals surface area contributed by atoms with Crippen LogP contribution in [0.5, 0.6) is 0 Å². The van der Waals surface area contributed by atoms with Crippen molar-refractivity contribution >= 4 is 20.9 Å². The zero-order chi connectivity index (χ0) is 15.7. The number of hydrogen-bond acceptors (Lipinski definition) is 2. The Labute approximate surface area is 131 Å². The Morgan fingerprint density at radius 1 is 1.00 bits per heavy atom. The van der Waals surface area contributed by atoms with Crippen LogP contribution in [0.25, 0.3) is 10.9 Å². The predicted octanol–water partition coefficient (Wildman–Crippen LogP) is 4.39. The Morgan fingerprint density at radius 2 is 1.64 bits per heavy atom. The molecule has 0 aliphatic carbocycles. The summed E-state index contributed by atoms with van der Waals surface area (Å²) in [5.74, 6) is 0.317. The van der Waals surface area contributed by atoms with Crippen molar-refractivity contribution in [3.63, 3.8) is 0 Å². The lowest BCUT2D eigenvalue weighted by Gasteiger charge is -2.07. The molecule has 1 heterocycles. The van der Waals surface area contributed by atoms with E-state index in [1.54, 1.807) is 30.5 Å². The quantitative estimate of drug-likeness (QED) is 0.716. The third-order valence-corrected chi connectivity index (χ3v) is 5.84. The highest BCUT2D eigenvalue weighted by Crippen LogP contribution is 2.31. The van der Waals surface area contributed by atoms with Gasteiger partial charge in [-0.3, -0.25) is 0 Å². The summed E-state index contributed by atoms with van der Waals surface area (Å²) in [6.45, 7) is 4.24. The number of rotatable bonds is 4. The van der Waals surface area contributed by atoms with Crippen molar-refractivity contribution in [1.29, 1.82) is 0 Å². The molecule has 3 aromatic rings. The lowest BCUT2D eigenvalue weighted by molar-refractivity contribution is 0.588. The molecule has 0 fully saturated rings. The average molecular weight is 313 g/mol. The van der Waals surface area contributed by atoms with Crippen LogP contribution in [0.15, 0.2) is 65.7 Å². The number of aromatic nitrogens is 1. The molecule has 3 nitrogen and oxygen atoms in total. The van der Waals surface area contributed by atoms with E-state index in [1.165, 1.54) is 3.97 Å². The highest BCUT2D eigenvalue weighted by atomic mass is 32.2. The average Bonchev–Trinajstić information content (AvgIpc) is 2.95. The number of para-hydroxylation sites is 1. The molecule has 1 atom stereocenters. The van der Waals surface area contributed by atoms with E-state index in [1.807, 2.05) is 30.3 Å². The van der Waals surface area contributed by atoms with Crippen molar-refractivity contribution in [2.75, 3.05) is 0 Å². The minimum absolute atomic E-state index is 0.312. The van der Waals surface area contributed by atoms with E-state index in [0.717, 1.165) is 22.9 Å². The second-order valence-electron chi connectivity index (χ2n) is 5.52. The summed E-state index contributed by atoms with van der Waals surface area (Å²) in [5, 5.41) is 1.01. The van der Waals surface area contributed by atoms with Gasteiger partial charge in [0.15, 0.2) is 0 Å². The topological polar surface area (TPSA) is 39.1 Å². The van der Waals surface area contributed by atoms with Crippen molar-refractivity contribution in [2.45, 2.75) is 31.1 Å². The molecule has 114 valence electrons. The molecule has 0 aliphatic heterocycles. The highest BCUT2D eigenvalue weighted by Gasteiger charge is 2.22. The van der Waals surface area contributed by atoms with Crippen LogP contribution in [0, 0.1) is 0 Å². The van der Waals surface area contributed by atoms with Crippen molar-refractivity contribution in [3.05, 3.63) is 66.4 Å². The Kier molecular flexibility index (Phi) is 3.79. The molecule has 1 unspecified atom stereocenters. The molecular formula is C18H19NO2S. The fraction of sp³-hybridized carbons (Fsp3) is 0.222. The highest BCUT2D eigenvalue weighted by molar-refractivity contribution is 7.90. The number of nitrogens with zero attached hydrogens (tertiary/aromatic N) is 1. The van der Waals surface area contributed by atoms with Crippen molar-refractivity contribution in [2.24, 2.45) is 0 Å². The second-order valence-corrected chi connectivity index (χ2v) is 7.34. The molecule has 0 bridgehead atoms. The van der Waals surface area contributed by atoms with E-state index in [9.17, 15) is 8.42 Å². The van der Waals surface area contributed by atoms with Crippen LogP contribution < -0.4 is 0 Å². The SMILES string of the molecule is CCC(C)c1cn(S(=O)(=O)c2ccccc2)c2ccccc12. The third-order valence-electron chi connectivity index (χ3n) is 4.15. The summed E-state index contributed by atoms with van der Waals surface area (Å²) < 4.78 is 27.3. The largest absolute Gasteiger partial charge is 0.268 e. The second kappa shape index (κ2) is 5.61. The van der Waals surface area contributed by atoms with Crippen LogP contribution >= 0.6 is 0 Å². The van der Waals surface area contributed by atoms with Crippen LogP contribution in [-0.2, 0) is 10.0 Å². The molecule has 2 aromatic carbocycles. The molecular weight excluding hydrogens is 294 g/mol. The smallest absolute Gasteiger partial charge is 0.241 e. The van der Waals surface area contributed by atoms with Gasteiger partial charge in [-0.05, 0) is 36.1 Å². The Hall–Kier alpha value is -2.07. The van der Waals surface area contributed by atoms with E-state index in [0.29, 0.717) is 10.8 Å². The summed E-state index contributed by atoms with van der Waals surface area (Å²) in [7, 11) is -3.57. The summed E-state index contributed by atoms with van der Waals surface area (Å²) in [5.41, 5.74) is 1.82. The lowest BCUT2D eigenvalue weighted by atomic mass is 9.98. The van der Waals surface area contributed by atoms with Gasteiger partial charge in [0.1, 0.15) is 0 Å². The minimum Gasteiger partial charge on any atom is -0.241 e. The first kappa shape index (κ1) is 14.9. The maximum Gasteiger partial charge on any atom is 0.268 e. The van der Waals surface area contributed by atoms with E-state index < -0.39 is 10.0 Å². The van der Waals surface area contributed by atoms with Gasteiger partial charge in [-0.25, -0.2) is 12.4 Å². The fourth-order valence-corrected chi connectivity index (χ4v) is 4.09. The van der Waals surface area contributed by atoms with Crippen molar-refractivity contribution in [1.82, 2.24) is 3.97 Å². The predicted molar refractivity (Wildman–Crippen MR) is 89.7 cm³/mol. The molecule has 0 N–H and O–H groups in total. The van der Waals surface area contributed by atoms with Gasteiger partial charge >= 0.3 is 0 Å². The van der Waals surface area contributed by atoms with Crippen molar-refractivity contribution < 1.29 is 8.42 Å². The molecule has 0 amide bonds. The maximum atomic E-state index is 12.9. The number of benzene rings is 2. The molecule has 1 aromatic heterocycles. The Bertz CT molecular complexity index is 895. The fourth-order valence-electron chi connectivity index (χ4n) is 2.69. The van der Waals surface area contributed by atoms with Crippen molar-refractivity contribution in [3.8, 4) is 0 Å². The van der Waals surface area contributed by atoms with E-state index in [4.69, 9.17) is 0 Å². The molecule has 3 rings (SSSR count). The maximum absolute atomic E-state index is 12.9. The van der Waals surface area contributed by atoms with Gasteiger partial charge < -0.3 is 0 Å². The first-order chi connectivity index (χ1) is 10.6. The minimum atomic E-state index is -3.57. The van der Waals surface area contributed by atoms with Crippen LogP contribution in [0.3, 0.4) is 0 Å². The van der Waals surface area contributed by atoms with E-state index in [2.05, 4.69) is 13.8 Å². The normalized spacial score (nSPS) is 13.4. The monoisotopic (exact) mass is 313 g/mol. The van der Waals surface area contributed by atoms with Gasteiger partial charge in [0.05, 0.1) is 10.4 Å². The van der Waals surface area contributed by atoms with E-state index in [-0.39, 0.29) is 0 Å². The van der Waals surface area contributed by atoms with Crippen LogP contribution in [0.1, 0.15) is 31.7 Å². The van der Waals surface area contributed by atoms with Crippen LogP contribution in [0.2, 0.25) is 0 Å². The molecule has 22 heavy (non-hydrogen) atoms. The Balaban J connectivity index is 2.28. The lowest BCUT2D eigenvalue weighted by Crippen LogP contribution is -2.11. The van der Waals surface area contributed by atoms with Crippen LogP contribution in [-0.4, -0.2) is 12.4 Å². The third kappa shape index (κ3) is 2.33. The van der Waals surface area contributed by atoms with Gasteiger partial charge in [0.2, 0.25) is 0 Å². The van der Waals surface area contributed by atoms with Gasteiger partial charge in [0, 0.05) is 11.6 Å². The standard InChI is InChI=1S/C18H19NO2S/c1-3-14(2)17-13-19(18-12-8-7-11-16(17)18)22(20,21)15-9-5-4-6-10-15/h4-14H,3H2,1-2H3. The van der Waals surface area contributed by atoms with Gasteiger partial charge in [-0.15, -0.1) is 0 Å². The molecule has 4 heteroatoms. The molecule has 0 radical (unpaired) electrons. The van der Waals surface area contributed by atoms with Crippen LogP contribution in [0.4, 0.5) is 0 Å². The summed E-state index contributed by atoms with van der Waals surface area (Å²) >= 11 is 0. The van der Waals surface area contributed by atoms with E-state index >= 15 is 0 Å². The zero-order valence-corrected chi connectivity index (χ0v) is 13.5. The first-order valence-electron chi connectivity index (χ1n) is 7.46. The summed E-state index contributed by atoms with van der Waals surface area (Å²) in [6, 6.07) is 16.3. The van der Waals surface area contributed by atoms with Gasteiger partial charge in [-0.1, -0.05) is 50.2 Å². The molecule has 0 spiro atoms. The molecule has 0 aliphatic rings. The van der Waals surface area contributed by atoms with Gasteiger partial charge in [-0.2, -0.15) is 0 Å². The van der Waals surface area contributed by atoms with Gasteiger partial charge in [0.25, 0.3) is 10.0 Å².